The van der Waals surface area contributed by atoms with Crippen LogP contribution in [-0.2, 0) is 6.42 Å². The van der Waals surface area contributed by atoms with Crippen LogP contribution in [0.3, 0.4) is 0 Å². The molecule has 20 heavy (non-hydrogen) atoms. The van der Waals surface area contributed by atoms with Crippen molar-refractivity contribution in [3.05, 3.63) is 35.6 Å². The van der Waals surface area contributed by atoms with Crippen molar-refractivity contribution in [1.82, 2.24) is 5.16 Å². The van der Waals surface area contributed by atoms with E-state index in [9.17, 15) is 4.79 Å². The molecule has 106 valence electrons. The SMILES string of the molecule is CCCOc1ccc(-c2noc(C(=O)O)c2CC)cc1. The molecule has 0 aliphatic rings. The van der Waals surface area contributed by atoms with Crippen LogP contribution in [0.1, 0.15) is 36.4 Å². The van der Waals surface area contributed by atoms with Gasteiger partial charge in [0.1, 0.15) is 11.4 Å². The molecule has 5 nitrogen and oxygen atoms in total. The highest BCUT2D eigenvalue weighted by Gasteiger charge is 2.21. The van der Waals surface area contributed by atoms with Crippen molar-refractivity contribution in [3.8, 4) is 17.0 Å². The highest BCUT2D eigenvalue weighted by Crippen LogP contribution is 2.27. The van der Waals surface area contributed by atoms with Crippen LogP contribution in [0.25, 0.3) is 11.3 Å². The highest BCUT2D eigenvalue weighted by atomic mass is 16.5. The van der Waals surface area contributed by atoms with Gasteiger partial charge in [0, 0.05) is 11.1 Å². The topological polar surface area (TPSA) is 72.6 Å². The summed E-state index contributed by atoms with van der Waals surface area (Å²) in [6, 6.07) is 7.40. The van der Waals surface area contributed by atoms with Gasteiger partial charge in [-0.2, -0.15) is 0 Å². The van der Waals surface area contributed by atoms with Crippen molar-refractivity contribution < 1.29 is 19.2 Å². The van der Waals surface area contributed by atoms with Gasteiger partial charge in [-0.25, -0.2) is 4.79 Å². The van der Waals surface area contributed by atoms with E-state index in [0.717, 1.165) is 17.7 Å². The Morgan fingerprint density at radius 2 is 2.00 bits per heavy atom. The third-order valence-electron chi connectivity index (χ3n) is 2.94. The Kier molecular flexibility index (Phi) is 4.40. The molecule has 0 spiro atoms. The molecule has 0 saturated heterocycles. The van der Waals surface area contributed by atoms with Crippen molar-refractivity contribution >= 4 is 5.97 Å². The first-order valence-electron chi connectivity index (χ1n) is 6.62. The Morgan fingerprint density at radius 1 is 1.30 bits per heavy atom. The van der Waals surface area contributed by atoms with Crippen molar-refractivity contribution in [2.24, 2.45) is 0 Å². The maximum atomic E-state index is 11.0. The molecule has 0 bridgehead atoms. The molecule has 0 aliphatic heterocycles. The number of hydrogen-bond acceptors (Lipinski definition) is 4. The van der Waals surface area contributed by atoms with Gasteiger partial charge in [0.25, 0.3) is 0 Å². The Bertz CT molecular complexity index is 586. The maximum Gasteiger partial charge on any atom is 0.375 e. The lowest BCUT2D eigenvalue weighted by Crippen LogP contribution is -1.98. The summed E-state index contributed by atoms with van der Waals surface area (Å²) in [6.45, 7) is 4.60. The normalized spacial score (nSPS) is 10.5. The number of ether oxygens (including phenoxy) is 1. The molecule has 2 rings (SSSR count). The predicted octanol–water partition coefficient (Wildman–Crippen LogP) is 3.39. The van der Waals surface area contributed by atoms with Crippen molar-refractivity contribution in [2.45, 2.75) is 26.7 Å². The fraction of sp³-hybridized carbons (Fsp3) is 0.333. The van der Waals surface area contributed by atoms with Gasteiger partial charge >= 0.3 is 5.97 Å². The van der Waals surface area contributed by atoms with E-state index in [1.165, 1.54) is 0 Å². The van der Waals surface area contributed by atoms with Gasteiger partial charge in [0.15, 0.2) is 0 Å². The second kappa shape index (κ2) is 6.23. The summed E-state index contributed by atoms with van der Waals surface area (Å²) < 4.78 is 10.4. The van der Waals surface area contributed by atoms with E-state index in [2.05, 4.69) is 5.16 Å². The number of benzene rings is 1. The van der Waals surface area contributed by atoms with Crippen LogP contribution in [0.5, 0.6) is 5.75 Å². The van der Waals surface area contributed by atoms with E-state index in [1.54, 1.807) is 0 Å². The van der Waals surface area contributed by atoms with E-state index in [0.29, 0.717) is 24.3 Å². The van der Waals surface area contributed by atoms with Crippen LogP contribution in [0, 0.1) is 0 Å². The molecule has 0 unspecified atom stereocenters. The van der Waals surface area contributed by atoms with Gasteiger partial charge in [-0.3, -0.25) is 0 Å². The van der Waals surface area contributed by atoms with Gasteiger partial charge in [-0.05, 0) is 37.1 Å². The van der Waals surface area contributed by atoms with E-state index in [4.69, 9.17) is 14.4 Å². The molecule has 1 heterocycles. The maximum absolute atomic E-state index is 11.0. The summed E-state index contributed by atoms with van der Waals surface area (Å²) in [6.07, 6.45) is 1.50. The largest absolute Gasteiger partial charge is 0.494 e. The van der Waals surface area contributed by atoms with Gasteiger partial charge in [0.2, 0.25) is 5.76 Å². The predicted molar refractivity (Wildman–Crippen MR) is 74.1 cm³/mol. The average Bonchev–Trinajstić information content (AvgIpc) is 2.89. The lowest BCUT2D eigenvalue weighted by Gasteiger charge is -2.05. The van der Waals surface area contributed by atoms with Gasteiger partial charge in [-0.1, -0.05) is 19.0 Å². The quantitative estimate of drug-likeness (QED) is 0.874. The van der Waals surface area contributed by atoms with Crippen LogP contribution in [0.15, 0.2) is 28.8 Å². The molecular formula is C15H17NO4. The summed E-state index contributed by atoms with van der Waals surface area (Å²) in [5, 5.41) is 12.9. The number of carbonyl (C=O) groups is 1. The lowest BCUT2D eigenvalue weighted by molar-refractivity contribution is 0.0650. The molecule has 0 aliphatic carbocycles. The van der Waals surface area contributed by atoms with Gasteiger partial charge < -0.3 is 14.4 Å². The van der Waals surface area contributed by atoms with Gasteiger partial charge in [0.05, 0.1) is 6.61 Å². The Hall–Kier alpha value is -2.30. The minimum Gasteiger partial charge on any atom is -0.494 e. The molecule has 1 N–H and O–H groups in total. The van der Waals surface area contributed by atoms with Crippen LogP contribution < -0.4 is 4.74 Å². The molecule has 0 fully saturated rings. The first-order valence-corrected chi connectivity index (χ1v) is 6.62. The molecule has 1 aromatic heterocycles. The monoisotopic (exact) mass is 275 g/mol. The fourth-order valence-corrected chi connectivity index (χ4v) is 1.96. The summed E-state index contributed by atoms with van der Waals surface area (Å²) in [5.41, 5.74) is 2.01. The summed E-state index contributed by atoms with van der Waals surface area (Å²) in [5.74, 6) is -0.395. The van der Waals surface area contributed by atoms with E-state index in [1.807, 2.05) is 38.1 Å². The molecule has 0 saturated carbocycles. The third-order valence-corrected chi connectivity index (χ3v) is 2.94. The second-order valence-electron chi connectivity index (χ2n) is 4.37. The van der Waals surface area contributed by atoms with Crippen LogP contribution in [0.4, 0.5) is 0 Å². The molecule has 0 radical (unpaired) electrons. The molecule has 2 aromatic rings. The van der Waals surface area contributed by atoms with E-state index in [-0.39, 0.29) is 5.76 Å². The first-order chi connectivity index (χ1) is 9.67. The zero-order valence-corrected chi connectivity index (χ0v) is 11.5. The number of rotatable bonds is 6. The smallest absolute Gasteiger partial charge is 0.375 e. The van der Waals surface area contributed by atoms with Crippen LogP contribution >= 0.6 is 0 Å². The fourth-order valence-electron chi connectivity index (χ4n) is 1.96. The Balaban J connectivity index is 2.29. The van der Waals surface area contributed by atoms with Crippen molar-refractivity contribution in [1.29, 1.82) is 0 Å². The summed E-state index contributed by atoms with van der Waals surface area (Å²) >= 11 is 0. The molecule has 5 heteroatoms. The number of hydrogen-bond donors (Lipinski definition) is 1. The zero-order chi connectivity index (χ0) is 14.5. The van der Waals surface area contributed by atoms with Gasteiger partial charge in [-0.15, -0.1) is 0 Å². The zero-order valence-electron chi connectivity index (χ0n) is 11.5. The first kappa shape index (κ1) is 14.1. The number of carboxylic acids is 1. The number of carboxylic acid groups (broad SMARTS) is 1. The van der Waals surface area contributed by atoms with E-state index < -0.39 is 5.97 Å². The molecule has 0 atom stereocenters. The summed E-state index contributed by atoms with van der Waals surface area (Å²) in [4.78, 5) is 11.0. The van der Waals surface area contributed by atoms with Crippen LogP contribution in [0.2, 0.25) is 0 Å². The van der Waals surface area contributed by atoms with E-state index >= 15 is 0 Å². The third kappa shape index (κ3) is 2.82. The summed E-state index contributed by atoms with van der Waals surface area (Å²) in [7, 11) is 0. The van der Waals surface area contributed by atoms with Crippen molar-refractivity contribution in [3.63, 3.8) is 0 Å². The molecular weight excluding hydrogens is 258 g/mol. The second-order valence-corrected chi connectivity index (χ2v) is 4.37. The minimum atomic E-state index is -1.09. The van der Waals surface area contributed by atoms with Crippen LogP contribution in [-0.4, -0.2) is 22.8 Å². The number of aromatic nitrogens is 1. The average molecular weight is 275 g/mol. The number of nitrogens with zero attached hydrogens (tertiary/aromatic N) is 1. The highest BCUT2D eigenvalue weighted by molar-refractivity contribution is 5.88. The number of aromatic carboxylic acids is 1. The van der Waals surface area contributed by atoms with Crippen molar-refractivity contribution in [2.75, 3.05) is 6.61 Å². The Morgan fingerprint density at radius 3 is 2.55 bits per heavy atom. The standard InChI is InChI=1S/C15H17NO4/c1-3-9-19-11-7-5-10(6-8-11)13-12(4-2)14(15(17)18)20-16-13/h5-8H,3-4,9H2,1-2H3,(H,17,18). The lowest BCUT2D eigenvalue weighted by atomic mass is 10.0. The minimum absolute atomic E-state index is 0.0891. The Labute approximate surface area is 117 Å². The molecule has 1 aromatic carbocycles. The molecule has 0 amide bonds.